The van der Waals surface area contributed by atoms with Crippen LogP contribution in [0, 0.1) is 0 Å². The number of hydrogen-bond acceptors (Lipinski definition) is 3. The van der Waals surface area contributed by atoms with Gasteiger partial charge in [0.25, 0.3) is 0 Å². The number of methoxy groups -OCH3 is 1. The molecule has 0 saturated carbocycles. The zero-order valence-electron chi connectivity index (χ0n) is 12.6. The summed E-state index contributed by atoms with van der Waals surface area (Å²) < 4.78 is 5.24. The van der Waals surface area contributed by atoms with Gasteiger partial charge in [-0.25, -0.2) is 0 Å². The van der Waals surface area contributed by atoms with Gasteiger partial charge in [-0.2, -0.15) is 0 Å². The first-order chi connectivity index (χ1) is 9.93. The van der Waals surface area contributed by atoms with E-state index in [9.17, 15) is 9.59 Å². The van der Waals surface area contributed by atoms with Crippen molar-refractivity contribution in [1.82, 2.24) is 4.90 Å². The molecular weight excluding hydrogens is 270 g/mol. The number of ether oxygens (including phenoxy) is 1. The van der Waals surface area contributed by atoms with Crippen molar-refractivity contribution in [1.29, 1.82) is 0 Å². The van der Waals surface area contributed by atoms with Crippen LogP contribution in [0.25, 0.3) is 0 Å². The van der Waals surface area contributed by atoms with E-state index in [1.807, 2.05) is 32.0 Å². The molecule has 2 rings (SSSR count). The molecule has 0 fully saturated rings. The largest absolute Gasteiger partial charge is 0.497 e. The Bertz CT molecular complexity index is 555. The number of carboxylic acid groups (broad SMARTS) is 1. The second-order valence-electron chi connectivity index (χ2n) is 5.49. The predicted molar refractivity (Wildman–Crippen MR) is 78.3 cm³/mol. The number of hydrogen-bond donors (Lipinski definition) is 1. The van der Waals surface area contributed by atoms with Crippen LogP contribution in [0.1, 0.15) is 43.9 Å². The summed E-state index contributed by atoms with van der Waals surface area (Å²) in [5.41, 5.74) is 2.30. The normalized spacial score (nSPS) is 20.8. The molecule has 1 N–H and O–H groups in total. The van der Waals surface area contributed by atoms with Crippen LogP contribution in [-0.4, -0.2) is 35.0 Å². The summed E-state index contributed by atoms with van der Waals surface area (Å²) in [6, 6.07) is 5.91. The summed E-state index contributed by atoms with van der Waals surface area (Å²) in [6.07, 6.45) is 0.690. The van der Waals surface area contributed by atoms with Crippen molar-refractivity contribution < 1.29 is 19.4 Å². The molecular formula is C16H21NO4. The molecule has 1 heterocycles. The Labute approximate surface area is 124 Å². The minimum Gasteiger partial charge on any atom is -0.497 e. The Kier molecular flexibility index (Phi) is 4.50. The van der Waals surface area contributed by atoms with Crippen LogP contribution in [0.2, 0.25) is 0 Å². The third-order valence-corrected chi connectivity index (χ3v) is 4.05. The second kappa shape index (κ2) is 6.16. The summed E-state index contributed by atoms with van der Waals surface area (Å²) in [5, 5.41) is 8.72. The van der Waals surface area contributed by atoms with E-state index >= 15 is 0 Å². The van der Waals surface area contributed by atoms with E-state index in [-0.39, 0.29) is 30.8 Å². The molecule has 5 nitrogen and oxygen atoms in total. The van der Waals surface area contributed by atoms with Crippen molar-refractivity contribution in [2.45, 2.75) is 45.2 Å². The second-order valence-corrected chi connectivity index (χ2v) is 5.49. The van der Waals surface area contributed by atoms with Gasteiger partial charge in [0.15, 0.2) is 0 Å². The van der Waals surface area contributed by atoms with Crippen LogP contribution in [0.5, 0.6) is 5.75 Å². The quantitative estimate of drug-likeness (QED) is 0.925. The Balaban J connectivity index is 2.22. The smallest absolute Gasteiger partial charge is 0.303 e. The molecule has 5 heteroatoms. The Hall–Kier alpha value is -2.04. The zero-order valence-corrected chi connectivity index (χ0v) is 12.6. The molecule has 0 aliphatic carbocycles. The maximum Gasteiger partial charge on any atom is 0.303 e. The number of benzene rings is 1. The molecule has 1 aliphatic heterocycles. The Morgan fingerprint density at radius 2 is 2.05 bits per heavy atom. The van der Waals surface area contributed by atoms with Crippen LogP contribution in [-0.2, 0) is 16.0 Å². The molecule has 114 valence electrons. The summed E-state index contributed by atoms with van der Waals surface area (Å²) in [5.74, 6) is -0.219. The fraction of sp³-hybridized carbons (Fsp3) is 0.500. The molecule has 0 bridgehead atoms. The average molecular weight is 291 g/mol. The first-order valence-electron chi connectivity index (χ1n) is 7.13. The Morgan fingerprint density at radius 3 is 2.67 bits per heavy atom. The standard InChI is InChI=1S/C16H21NO4/c1-10-8-12-9-13(21-3)4-5-14(12)11(2)17(10)15(18)6-7-16(19)20/h4-5,9-11H,6-8H2,1-3H3,(H,19,20). The van der Waals surface area contributed by atoms with Crippen molar-refractivity contribution in [3.63, 3.8) is 0 Å². The molecule has 0 radical (unpaired) electrons. The van der Waals surface area contributed by atoms with E-state index in [1.54, 1.807) is 12.0 Å². The summed E-state index contributed by atoms with van der Waals surface area (Å²) >= 11 is 0. The van der Waals surface area contributed by atoms with Gasteiger partial charge in [-0.1, -0.05) is 6.07 Å². The van der Waals surface area contributed by atoms with Gasteiger partial charge in [-0.15, -0.1) is 0 Å². The number of carbonyl (C=O) groups is 2. The molecule has 2 unspecified atom stereocenters. The predicted octanol–water partition coefficient (Wildman–Crippen LogP) is 2.39. The van der Waals surface area contributed by atoms with E-state index in [4.69, 9.17) is 9.84 Å². The topological polar surface area (TPSA) is 66.8 Å². The monoisotopic (exact) mass is 291 g/mol. The lowest BCUT2D eigenvalue weighted by Crippen LogP contribution is -2.45. The van der Waals surface area contributed by atoms with Crippen molar-refractivity contribution in [2.75, 3.05) is 7.11 Å². The van der Waals surface area contributed by atoms with Crippen molar-refractivity contribution in [2.24, 2.45) is 0 Å². The zero-order chi connectivity index (χ0) is 15.6. The van der Waals surface area contributed by atoms with Crippen molar-refractivity contribution >= 4 is 11.9 Å². The Morgan fingerprint density at radius 1 is 1.33 bits per heavy atom. The lowest BCUT2D eigenvalue weighted by molar-refractivity contribution is -0.143. The van der Waals surface area contributed by atoms with Crippen LogP contribution in [0.4, 0.5) is 0 Å². The minimum atomic E-state index is -0.939. The molecule has 1 aromatic carbocycles. The molecule has 2 atom stereocenters. The van der Waals surface area contributed by atoms with Crippen LogP contribution in [0.15, 0.2) is 18.2 Å². The van der Waals surface area contributed by atoms with Crippen LogP contribution >= 0.6 is 0 Å². The van der Waals surface area contributed by atoms with Crippen molar-refractivity contribution in [3.8, 4) is 5.75 Å². The first-order valence-corrected chi connectivity index (χ1v) is 7.13. The van der Waals surface area contributed by atoms with Gasteiger partial charge >= 0.3 is 5.97 Å². The highest BCUT2D eigenvalue weighted by Crippen LogP contribution is 2.35. The fourth-order valence-corrected chi connectivity index (χ4v) is 3.05. The lowest BCUT2D eigenvalue weighted by Gasteiger charge is -2.40. The summed E-state index contributed by atoms with van der Waals surface area (Å²) in [4.78, 5) is 24.7. The maximum absolute atomic E-state index is 12.3. The maximum atomic E-state index is 12.3. The van der Waals surface area contributed by atoms with E-state index in [2.05, 4.69) is 0 Å². The number of aliphatic carboxylic acids is 1. The van der Waals surface area contributed by atoms with E-state index in [0.29, 0.717) is 0 Å². The van der Waals surface area contributed by atoms with Crippen LogP contribution < -0.4 is 4.74 Å². The van der Waals surface area contributed by atoms with E-state index < -0.39 is 5.97 Å². The molecule has 0 saturated heterocycles. The van der Waals surface area contributed by atoms with Gasteiger partial charge in [0.1, 0.15) is 5.75 Å². The highest BCUT2D eigenvalue weighted by atomic mass is 16.5. The molecule has 1 aromatic rings. The molecule has 1 amide bonds. The van der Waals surface area contributed by atoms with E-state index in [0.717, 1.165) is 17.7 Å². The van der Waals surface area contributed by atoms with Crippen molar-refractivity contribution in [3.05, 3.63) is 29.3 Å². The fourth-order valence-electron chi connectivity index (χ4n) is 3.05. The number of carboxylic acids is 1. The number of fused-ring (bicyclic) bond motifs is 1. The molecule has 0 aromatic heterocycles. The molecule has 21 heavy (non-hydrogen) atoms. The van der Waals surface area contributed by atoms with Gasteiger partial charge in [0.2, 0.25) is 5.91 Å². The van der Waals surface area contributed by atoms with Gasteiger partial charge in [0.05, 0.1) is 19.6 Å². The number of nitrogens with zero attached hydrogens (tertiary/aromatic N) is 1. The lowest BCUT2D eigenvalue weighted by atomic mass is 9.89. The SMILES string of the molecule is COc1ccc2c(c1)CC(C)N(C(=O)CCC(=O)O)C2C. The van der Waals surface area contributed by atoms with Gasteiger partial charge in [0, 0.05) is 12.5 Å². The number of carbonyl (C=O) groups excluding carboxylic acids is 1. The molecule has 0 spiro atoms. The number of rotatable bonds is 4. The minimum absolute atomic E-state index is 0.0454. The van der Waals surface area contributed by atoms with Gasteiger partial charge in [-0.3, -0.25) is 9.59 Å². The molecule has 1 aliphatic rings. The third-order valence-electron chi connectivity index (χ3n) is 4.05. The summed E-state index contributed by atoms with van der Waals surface area (Å²) in [7, 11) is 1.64. The van der Waals surface area contributed by atoms with Gasteiger partial charge < -0.3 is 14.7 Å². The highest BCUT2D eigenvalue weighted by Gasteiger charge is 2.32. The van der Waals surface area contributed by atoms with Crippen LogP contribution in [0.3, 0.4) is 0 Å². The van der Waals surface area contributed by atoms with Gasteiger partial charge in [-0.05, 0) is 43.5 Å². The number of amides is 1. The van der Waals surface area contributed by atoms with E-state index in [1.165, 1.54) is 5.56 Å². The summed E-state index contributed by atoms with van der Waals surface area (Å²) in [6.45, 7) is 3.98. The highest BCUT2D eigenvalue weighted by molar-refractivity contribution is 5.81. The average Bonchev–Trinajstić information content (AvgIpc) is 2.44. The third kappa shape index (κ3) is 3.17. The first kappa shape index (κ1) is 15.4.